The summed E-state index contributed by atoms with van der Waals surface area (Å²) in [7, 11) is 0. The molecule has 2 aliphatic heterocycles. The van der Waals surface area contributed by atoms with Gasteiger partial charge in [-0.1, -0.05) is 18.2 Å². The van der Waals surface area contributed by atoms with Gasteiger partial charge in [0.05, 0.1) is 11.4 Å². The van der Waals surface area contributed by atoms with E-state index in [4.69, 9.17) is 0 Å². The van der Waals surface area contributed by atoms with E-state index in [1.165, 1.54) is 17.8 Å². The number of nitrogens with zero attached hydrogens (tertiary/aromatic N) is 3. The molecule has 1 saturated heterocycles. The summed E-state index contributed by atoms with van der Waals surface area (Å²) in [4.78, 5) is 21.2. The van der Waals surface area contributed by atoms with Gasteiger partial charge in [0.1, 0.15) is 5.82 Å². The maximum absolute atomic E-state index is 13.9. The number of rotatable bonds is 4. The highest BCUT2D eigenvalue weighted by atomic mass is 19.1. The first-order chi connectivity index (χ1) is 13.7. The van der Waals surface area contributed by atoms with Gasteiger partial charge in [0, 0.05) is 50.2 Å². The van der Waals surface area contributed by atoms with Crippen LogP contribution in [0.5, 0.6) is 0 Å². The van der Waals surface area contributed by atoms with Gasteiger partial charge in [0.2, 0.25) is 0 Å². The van der Waals surface area contributed by atoms with Crippen LogP contribution < -0.4 is 15.1 Å². The molecule has 0 radical (unpaired) electrons. The summed E-state index contributed by atoms with van der Waals surface area (Å²) in [6.07, 6.45) is 3.97. The number of halogens is 1. The van der Waals surface area contributed by atoms with Gasteiger partial charge in [-0.25, -0.2) is 4.39 Å². The van der Waals surface area contributed by atoms with Crippen LogP contribution in [0, 0.1) is 5.82 Å². The highest BCUT2D eigenvalue weighted by molar-refractivity contribution is 6.07. The molecular formula is C22H23FN4O. The van der Waals surface area contributed by atoms with Crippen LogP contribution in [0.15, 0.2) is 65.2 Å². The Morgan fingerprint density at radius 3 is 2.46 bits per heavy atom. The number of benzene rings is 2. The Hall–Kier alpha value is -3.15. The van der Waals surface area contributed by atoms with E-state index in [0.717, 1.165) is 31.9 Å². The number of hydrogen-bond donors (Lipinski definition) is 1. The van der Waals surface area contributed by atoms with E-state index in [1.807, 2.05) is 18.2 Å². The first-order valence-electron chi connectivity index (χ1n) is 9.55. The Balaban J connectivity index is 1.48. The van der Waals surface area contributed by atoms with E-state index in [0.29, 0.717) is 24.2 Å². The topological polar surface area (TPSA) is 47.9 Å². The monoisotopic (exact) mass is 378 g/mol. The minimum atomic E-state index is -0.360. The van der Waals surface area contributed by atoms with E-state index in [2.05, 4.69) is 32.2 Å². The maximum Gasteiger partial charge on any atom is 0.251 e. The van der Waals surface area contributed by atoms with Crippen molar-refractivity contribution in [3.05, 3.63) is 66.0 Å². The summed E-state index contributed by atoms with van der Waals surface area (Å²) in [5, 5.41) is 2.90. The molecule has 0 aromatic heterocycles. The van der Waals surface area contributed by atoms with Crippen LogP contribution in [0.2, 0.25) is 0 Å². The summed E-state index contributed by atoms with van der Waals surface area (Å²) in [6.45, 7) is 3.96. The summed E-state index contributed by atoms with van der Waals surface area (Å²) in [5.41, 5.74) is 3.24. The molecule has 144 valence electrons. The fourth-order valence-electron chi connectivity index (χ4n) is 3.61. The number of para-hydroxylation sites is 1. The minimum Gasteiger partial charge on any atom is -0.368 e. The van der Waals surface area contributed by atoms with Crippen LogP contribution >= 0.6 is 0 Å². The summed E-state index contributed by atoms with van der Waals surface area (Å²) < 4.78 is 13.9. The number of carbonyl (C=O) groups excluding carboxylic acids is 1. The zero-order valence-corrected chi connectivity index (χ0v) is 15.6. The molecule has 1 amide bonds. The third-order valence-electron chi connectivity index (χ3n) is 5.13. The molecule has 0 atom stereocenters. The predicted molar refractivity (Wildman–Crippen MR) is 112 cm³/mol. The number of hydrogen-bond acceptors (Lipinski definition) is 4. The van der Waals surface area contributed by atoms with Crippen molar-refractivity contribution >= 4 is 29.2 Å². The zero-order valence-electron chi connectivity index (χ0n) is 15.6. The van der Waals surface area contributed by atoms with Crippen LogP contribution in [0.4, 0.5) is 21.5 Å². The van der Waals surface area contributed by atoms with Gasteiger partial charge < -0.3 is 15.1 Å². The Bertz CT molecular complexity index is 902. The van der Waals surface area contributed by atoms with Gasteiger partial charge in [0.15, 0.2) is 0 Å². The molecule has 28 heavy (non-hydrogen) atoms. The molecule has 0 spiro atoms. The number of allylic oxidation sites excluding steroid dienone is 1. The molecule has 0 aliphatic carbocycles. The van der Waals surface area contributed by atoms with Crippen molar-refractivity contribution in [3.63, 3.8) is 0 Å². The summed E-state index contributed by atoms with van der Waals surface area (Å²) in [5.74, 6) is -0.554. The smallest absolute Gasteiger partial charge is 0.251 e. The van der Waals surface area contributed by atoms with Crippen molar-refractivity contribution in [1.82, 2.24) is 0 Å². The third-order valence-corrected chi connectivity index (χ3v) is 5.13. The average molecular weight is 378 g/mol. The molecule has 0 unspecified atom stereocenters. The van der Waals surface area contributed by atoms with E-state index in [-0.39, 0.29) is 11.7 Å². The Labute approximate surface area is 164 Å². The number of dihydropyridines is 1. The maximum atomic E-state index is 13.9. The second-order valence-electron chi connectivity index (χ2n) is 6.92. The molecule has 2 aromatic carbocycles. The molecule has 2 heterocycles. The van der Waals surface area contributed by atoms with Crippen LogP contribution in [0.3, 0.4) is 0 Å². The van der Waals surface area contributed by atoms with Crippen molar-refractivity contribution in [3.8, 4) is 0 Å². The lowest BCUT2D eigenvalue weighted by Gasteiger charge is -2.38. The van der Waals surface area contributed by atoms with Crippen molar-refractivity contribution in [2.75, 3.05) is 47.8 Å². The summed E-state index contributed by atoms with van der Waals surface area (Å²) in [6, 6.07) is 14.9. The number of nitrogens with one attached hydrogen (secondary N) is 1. The first kappa shape index (κ1) is 18.2. The zero-order chi connectivity index (χ0) is 19.3. The van der Waals surface area contributed by atoms with Crippen LogP contribution in [0.25, 0.3) is 0 Å². The first-order valence-corrected chi connectivity index (χ1v) is 9.55. The van der Waals surface area contributed by atoms with Gasteiger partial charge in [-0.2, -0.15) is 0 Å². The standard InChI is InChI=1S/C22H23FN4O/c23-18-6-7-21(20(16-18)25-22(28)17-8-10-24-11-9-17)27-14-12-26(13-15-27)19-4-2-1-3-5-19/h1-8,10,16H,9,11-15H2,(H,25,28). The Morgan fingerprint density at radius 1 is 1.00 bits per heavy atom. The lowest BCUT2D eigenvalue weighted by molar-refractivity contribution is -0.113. The van der Waals surface area contributed by atoms with Crippen LogP contribution in [-0.2, 0) is 4.79 Å². The molecule has 0 saturated carbocycles. The van der Waals surface area contributed by atoms with E-state index in [1.54, 1.807) is 18.4 Å². The van der Waals surface area contributed by atoms with Gasteiger partial charge in [-0.05, 0) is 42.8 Å². The van der Waals surface area contributed by atoms with Crippen molar-refractivity contribution in [1.29, 1.82) is 0 Å². The second kappa shape index (κ2) is 8.25. The second-order valence-corrected chi connectivity index (χ2v) is 6.92. The van der Waals surface area contributed by atoms with Crippen LogP contribution in [0.1, 0.15) is 6.42 Å². The molecular weight excluding hydrogens is 355 g/mol. The van der Waals surface area contributed by atoms with Gasteiger partial charge >= 0.3 is 0 Å². The molecule has 1 fully saturated rings. The fraction of sp³-hybridized carbons (Fsp3) is 0.273. The van der Waals surface area contributed by atoms with Gasteiger partial charge in [-0.15, -0.1) is 0 Å². The Kier molecular flexibility index (Phi) is 5.37. The van der Waals surface area contributed by atoms with Gasteiger partial charge in [-0.3, -0.25) is 9.79 Å². The number of amides is 1. The van der Waals surface area contributed by atoms with Crippen molar-refractivity contribution in [2.24, 2.45) is 4.99 Å². The normalized spacial score (nSPS) is 16.7. The molecule has 2 aliphatic rings. The Morgan fingerprint density at radius 2 is 1.75 bits per heavy atom. The third kappa shape index (κ3) is 4.06. The highest BCUT2D eigenvalue weighted by Crippen LogP contribution is 2.29. The summed E-state index contributed by atoms with van der Waals surface area (Å²) >= 11 is 0. The van der Waals surface area contributed by atoms with E-state index >= 15 is 0 Å². The molecule has 0 bridgehead atoms. The number of piperazine rings is 1. The molecule has 4 rings (SSSR count). The SMILES string of the molecule is O=C(Nc1cc(F)ccc1N1CCN(c2ccccc2)CC1)C1=CC=NCC1. The molecule has 5 nitrogen and oxygen atoms in total. The number of anilines is 3. The van der Waals surface area contributed by atoms with Crippen molar-refractivity contribution in [2.45, 2.75) is 6.42 Å². The average Bonchev–Trinajstić information content (AvgIpc) is 2.75. The lowest BCUT2D eigenvalue weighted by Crippen LogP contribution is -2.46. The number of carbonyl (C=O) groups is 1. The number of aliphatic imine (C=N–C) groups is 1. The van der Waals surface area contributed by atoms with Crippen molar-refractivity contribution < 1.29 is 9.18 Å². The minimum absolute atomic E-state index is 0.194. The molecule has 6 heteroatoms. The van der Waals surface area contributed by atoms with Crippen LogP contribution in [-0.4, -0.2) is 44.8 Å². The van der Waals surface area contributed by atoms with E-state index < -0.39 is 0 Å². The predicted octanol–water partition coefficient (Wildman–Crippen LogP) is 3.49. The molecule has 1 N–H and O–H groups in total. The quantitative estimate of drug-likeness (QED) is 0.886. The lowest BCUT2D eigenvalue weighted by atomic mass is 10.1. The van der Waals surface area contributed by atoms with E-state index in [9.17, 15) is 9.18 Å². The van der Waals surface area contributed by atoms with Gasteiger partial charge in [0.25, 0.3) is 5.91 Å². The fourth-order valence-corrected chi connectivity index (χ4v) is 3.61. The largest absolute Gasteiger partial charge is 0.368 e. The molecule has 2 aromatic rings. The highest BCUT2D eigenvalue weighted by Gasteiger charge is 2.21.